The van der Waals surface area contributed by atoms with Gasteiger partial charge in [0.15, 0.2) is 4.90 Å². The van der Waals surface area contributed by atoms with Crippen molar-refractivity contribution in [2.24, 2.45) is 5.73 Å². The molecule has 1 saturated carbocycles. The SMILES string of the molecule is Cc1ccc(C)c(S(=O)(=O)NC2CCC(N)CC2)c1[N+](=O)[O-]. The van der Waals surface area contributed by atoms with Gasteiger partial charge in [0.05, 0.1) is 4.92 Å². The second-order valence-corrected chi connectivity index (χ2v) is 7.52. The van der Waals surface area contributed by atoms with Crippen LogP contribution in [0, 0.1) is 24.0 Å². The molecular weight excluding hydrogens is 306 g/mol. The van der Waals surface area contributed by atoms with Crippen LogP contribution < -0.4 is 10.5 Å². The molecule has 0 saturated heterocycles. The smallest absolute Gasteiger partial charge is 0.292 e. The van der Waals surface area contributed by atoms with Crippen LogP contribution in [-0.4, -0.2) is 25.4 Å². The lowest BCUT2D eigenvalue weighted by Gasteiger charge is -2.26. The zero-order chi connectivity index (χ0) is 16.5. The Bertz CT molecular complexity index is 680. The minimum atomic E-state index is -3.94. The standard InChI is InChI=1S/C14H21N3O4S/c1-9-3-4-10(2)14(13(9)17(18)19)22(20,21)16-12-7-5-11(15)6-8-12/h3-4,11-12,16H,5-8,15H2,1-2H3. The van der Waals surface area contributed by atoms with Crippen LogP contribution in [0.5, 0.6) is 0 Å². The van der Waals surface area contributed by atoms with Gasteiger partial charge in [-0.25, -0.2) is 13.1 Å². The van der Waals surface area contributed by atoms with Crippen molar-refractivity contribution in [3.63, 3.8) is 0 Å². The van der Waals surface area contributed by atoms with E-state index in [1.165, 1.54) is 6.92 Å². The molecule has 0 unspecified atom stereocenters. The fraction of sp³-hybridized carbons (Fsp3) is 0.571. The number of nitrogens with two attached hydrogens (primary N) is 1. The van der Waals surface area contributed by atoms with E-state index < -0.39 is 14.9 Å². The number of nitrogens with one attached hydrogen (secondary N) is 1. The van der Waals surface area contributed by atoms with Crippen molar-refractivity contribution in [3.8, 4) is 0 Å². The lowest BCUT2D eigenvalue weighted by molar-refractivity contribution is -0.388. The predicted octanol–water partition coefficient (Wildman–Crippen LogP) is 1.76. The fourth-order valence-electron chi connectivity index (χ4n) is 2.85. The number of nitrogens with zero attached hydrogens (tertiary/aromatic N) is 1. The molecule has 1 aromatic rings. The third kappa shape index (κ3) is 3.45. The maximum atomic E-state index is 12.6. The number of nitro benzene ring substituents is 1. The highest BCUT2D eigenvalue weighted by Crippen LogP contribution is 2.31. The van der Waals surface area contributed by atoms with Gasteiger partial charge in [-0.05, 0) is 45.1 Å². The third-order valence-corrected chi connectivity index (χ3v) is 5.77. The Labute approximate surface area is 130 Å². The topological polar surface area (TPSA) is 115 Å². The molecule has 0 amide bonds. The van der Waals surface area contributed by atoms with Crippen LogP contribution in [0.25, 0.3) is 0 Å². The highest BCUT2D eigenvalue weighted by atomic mass is 32.2. The molecule has 1 aromatic carbocycles. The molecule has 0 spiro atoms. The lowest BCUT2D eigenvalue weighted by atomic mass is 9.93. The summed E-state index contributed by atoms with van der Waals surface area (Å²) in [5.74, 6) is 0. The van der Waals surface area contributed by atoms with Crippen LogP contribution >= 0.6 is 0 Å². The van der Waals surface area contributed by atoms with Gasteiger partial charge in [0.2, 0.25) is 10.0 Å². The monoisotopic (exact) mass is 327 g/mol. The summed E-state index contributed by atoms with van der Waals surface area (Å²) < 4.78 is 27.9. The highest BCUT2D eigenvalue weighted by molar-refractivity contribution is 7.89. The van der Waals surface area contributed by atoms with Gasteiger partial charge in [0.25, 0.3) is 5.69 Å². The average Bonchev–Trinajstić information content (AvgIpc) is 2.42. The minimum Gasteiger partial charge on any atom is -0.328 e. The Kier molecular flexibility index (Phi) is 4.84. The van der Waals surface area contributed by atoms with Gasteiger partial charge in [-0.2, -0.15) is 0 Å². The molecular formula is C14H21N3O4S. The molecule has 1 aliphatic carbocycles. The Morgan fingerprint density at radius 3 is 2.27 bits per heavy atom. The molecule has 0 atom stereocenters. The molecule has 22 heavy (non-hydrogen) atoms. The van der Waals surface area contributed by atoms with E-state index in [-0.39, 0.29) is 22.7 Å². The normalized spacial score (nSPS) is 22.5. The fourth-order valence-corrected chi connectivity index (χ4v) is 4.63. The van der Waals surface area contributed by atoms with Crippen LogP contribution in [-0.2, 0) is 10.0 Å². The quantitative estimate of drug-likeness (QED) is 0.646. The Balaban J connectivity index is 2.37. The molecule has 2 rings (SSSR count). The Hall–Kier alpha value is -1.51. The largest absolute Gasteiger partial charge is 0.328 e. The highest BCUT2D eigenvalue weighted by Gasteiger charge is 2.32. The first kappa shape index (κ1) is 16.9. The summed E-state index contributed by atoms with van der Waals surface area (Å²) in [4.78, 5) is 10.4. The summed E-state index contributed by atoms with van der Waals surface area (Å²) in [6.45, 7) is 3.11. The molecule has 3 N–H and O–H groups in total. The van der Waals surface area contributed by atoms with E-state index in [1.54, 1.807) is 19.1 Å². The summed E-state index contributed by atoms with van der Waals surface area (Å²) in [7, 11) is -3.94. The summed E-state index contributed by atoms with van der Waals surface area (Å²) in [5.41, 5.74) is 6.17. The minimum absolute atomic E-state index is 0.107. The van der Waals surface area contributed by atoms with Crippen molar-refractivity contribution in [1.29, 1.82) is 0 Å². The van der Waals surface area contributed by atoms with Crippen LogP contribution in [0.4, 0.5) is 5.69 Å². The third-order valence-electron chi connectivity index (χ3n) is 4.08. The number of sulfonamides is 1. The van der Waals surface area contributed by atoms with Gasteiger partial charge in [-0.1, -0.05) is 12.1 Å². The summed E-state index contributed by atoms with van der Waals surface area (Å²) >= 11 is 0. The van der Waals surface area contributed by atoms with Gasteiger partial charge in [-0.3, -0.25) is 10.1 Å². The van der Waals surface area contributed by atoms with E-state index in [4.69, 9.17) is 5.73 Å². The summed E-state index contributed by atoms with van der Waals surface area (Å²) in [5, 5.41) is 11.3. The number of rotatable bonds is 4. The zero-order valence-electron chi connectivity index (χ0n) is 12.7. The number of hydrogen-bond donors (Lipinski definition) is 2. The van der Waals surface area contributed by atoms with Gasteiger partial charge in [0, 0.05) is 17.6 Å². The Morgan fingerprint density at radius 1 is 1.18 bits per heavy atom. The van der Waals surface area contributed by atoms with Gasteiger partial charge >= 0.3 is 0 Å². The average molecular weight is 327 g/mol. The number of aryl methyl sites for hydroxylation is 2. The van der Waals surface area contributed by atoms with E-state index in [0.29, 0.717) is 24.0 Å². The molecule has 8 heteroatoms. The van der Waals surface area contributed by atoms with Crippen molar-refractivity contribution in [2.75, 3.05) is 0 Å². The molecule has 7 nitrogen and oxygen atoms in total. The predicted molar refractivity (Wildman–Crippen MR) is 83.1 cm³/mol. The van der Waals surface area contributed by atoms with Crippen molar-refractivity contribution in [2.45, 2.75) is 56.5 Å². The second-order valence-electron chi connectivity index (χ2n) is 5.87. The van der Waals surface area contributed by atoms with Crippen molar-refractivity contribution < 1.29 is 13.3 Å². The van der Waals surface area contributed by atoms with Crippen molar-refractivity contribution in [3.05, 3.63) is 33.4 Å². The first-order valence-electron chi connectivity index (χ1n) is 7.25. The molecule has 0 bridgehead atoms. The van der Waals surface area contributed by atoms with E-state index in [1.807, 2.05) is 0 Å². The van der Waals surface area contributed by atoms with E-state index in [9.17, 15) is 18.5 Å². The number of benzene rings is 1. The molecule has 1 fully saturated rings. The molecule has 122 valence electrons. The lowest BCUT2D eigenvalue weighted by Crippen LogP contribution is -2.40. The maximum Gasteiger partial charge on any atom is 0.292 e. The second kappa shape index (κ2) is 6.31. The molecule has 0 aromatic heterocycles. The van der Waals surface area contributed by atoms with Crippen LogP contribution in [0.2, 0.25) is 0 Å². The van der Waals surface area contributed by atoms with E-state index in [0.717, 1.165) is 12.8 Å². The van der Waals surface area contributed by atoms with Gasteiger partial charge in [-0.15, -0.1) is 0 Å². The van der Waals surface area contributed by atoms with E-state index in [2.05, 4.69) is 4.72 Å². The first-order valence-corrected chi connectivity index (χ1v) is 8.73. The van der Waals surface area contributed by atoms with Crippen LogP contribution in [0.3, 0.4) is 0 Å². The van der Waals surface area contributed by atoms with Crippen molar-refractivity contribution in [1.82, 2.24) is 4.72 Å². The maximum absolute atomic E-state index is 12.6. The first-order chi connectivity index (χ1) is 10.2. The molecule has 0 heterocycles. The van der Waals surface area contributed by atoms with Crippen LogP contribution in [0.15, 0.2) is 17.0 Å². The Morgan fingerprint density at radius 2 is 1.73 bits per heavy atom. The number of nitro groups is 1. The van der Waals surface area contributed by atoms with E-state index >= 15 is 0 Å². The van der Waals surface area contributed by atoms with Crippen molar-refractivity contribution >= 4 is 15.7 Å². The summed E-state index contributed by atoms with van der Waals surface area (Å²) in [6, 6.07) is 3.04. The molecule has 0 aliphatic heterocycles. The molecule has 0 radical (unpaired) electrons. The van der Waals surface area contributed by atoms with Gasteiger partial charge < -0.3 is 5.73 Å². The molecule has 1 aliphatic rings. The van der Waals surface area contributed by atoms with Gasteiger partial charge in [0.1, 0.15) is 0 Å². The van der Waals surface area contributed by atoms with Crippen LogP contribution in [0.1, 0.15) is 36.8 Å². The zero-order valence-corrected chi connectivity index (χ0v) is 13.5. The number of hydrogen-bond acceptors (Lipinski definition) is 5. The summed E-state index contributed by atoms with van der Waals surface area (Å²) in [6.07, 6.45) is 2.81.